The number of rotatable bonds is 2. The van der Waals surface area contributed by atoms with E-state index in [0.29, 0.717) is 0 Å². The van der Waals surface area contributed by atoms with E-state index in [9.17, 15) is 13.9 Å². The van der Waals surface area contributed by atoms with E-state index in [1.165, 1.54) is 6.07 Å². The number of pyridine rings is 1. The molecular weight excluding hydrogens is 214 g/mol. The van der Waals surface area contributed by atoms with E-state index in [1.807, 2.05) is 0 Å². The van der Waals surface area contributed by atoms with Crippen molar-refractivity contribution >= 4 is 11.6 Å². The highest BCUT2D eigenvalue weighted by Crippen LogP contribution is 2.30. The Kier molecular flexibility index (Phi) is 3.20. The lowest BCUT2D eigenvalue weighted by molar-refractivity contribution is 0.147. The Hall–Kier alpha value is -1.41. The monoisotopic (exact) mass is 218 g/mol. The van der Waals surface area contributed by atoms with Gasteiger partial charge in [0, 0.05) is 0 Å². The van der Waals surface area contributed by atoms with Gasteiger partial charge in [0.25, 0.3) is 6.43 Å². The summed E-state index contributed by atoms with van der Waals surface area (Å²) in [5.74, 6) is -0.870. The molecule has 0 unspecified atom stereocenters. The van der Waals surface area contributed by atoms with Crippen LogP contribution in [0.25, 0.3) is 0 Å². The maximum Gasteiger partial charge on any atom is 0.267 e. The molecular formula is C8H5ClF2N2O. The highest BCUT2D eigenvalue weighted by atomic mass is 35.5. The van der Waals surface area contributed by atoms with Crippen molar-refractivity contribution < 1.29 is 13.9 Å². The molecule has 0 aliphatic heterocycles. The Morgan fingerprint density at radius 2 is 2.29 bits per heavy atom. The minimum atomic E-state index is -2.85. The molecule has 6 heteroatoms. The summed E-state index contributed by atoms with van der Waals surface area (Å²) in [6.45, 7) is 0. The maximum absolute atomic E-state index is 12.3. The van der Waals surface area contributed by atoms with Gasteiger partial charge in [-0.1, -0.05) is 0 Å². The number of alkyl halides is 3. The van der Waals surface area contributed by atoms with Crippen molar-refractivity contribution in [1.29, 1.82) is 5.26 Å². The lowest BCUT2D eigenvalue weighted by Gasteiger charge is -2.05. The molecule has 1 aromatic rings. The fraction of sp³-hybridized carbons (Fsp3) is 0.250. The molecule has 1 heterocycles. The molecule has 0 atom stereocenters. The molecule has 0 aromatic carbocycles. The van der Waals surface area contributed by atoms with E-state index in [2.05, 4.69) is 4.98 Å². The van der Waals surface area contributed by atoms with Crippen LogP contribution in [0.3, 0.4) is 0 Å². The van der Waals surface area contributed by atoms with Crippen LogP contribution < -0.4 is 0 Å². The van der Waals surface area contributed by atoms with Crippen LogP contribution in [-0.4, -0.2) is 10.1 Å². The number of hydrogen-bond donors (Lipinski definition) is 1. The van der Waals surface area contributed by atoms with Crippen molar-refractivity contribution in [2.75, 3.05) is 0 Å². The average Bonchev–Trinajstić information content (AvgIpc) is 2.17. The molecule has 1 aromatic heterocycles. The van der Waals surface area contributed by atoms with Crippen molar-refractivity contribution in [3.8, 4) is 11.8 Å². The Labute approximate surface area is 83.6 Å². The second kappa shape index (κ2) is 4.20. The molecule has 74 valence electrons. The van der Waals surface area contributed by atoms with Crippen LogP contribution in [-0.2, 0) is 5.88 Å². The van der Waals surface area contributed by atoms with Crippen molar-refractivity contribution in [3.05, 3.63) is 23.0 Å². The van der Waals surface area contributed by atoms with E-state index in [4.69, 9.17) is 16.9 Å². The van der Waals surface area contributed by atoms with Gasteiger partial charge in [-0.2, -0.15) is 5.26 Å². The minimum Gasteiger partial charge on any atom is -0.505 e. The van der Waals surface area contributed by atoms with E-state index >= 15 is 0 Å². The Balaban J connectivity index is 3.36. The van der Waals surface area contributed by atoms with Crippen molar-refractivity contribution in [1.82, 2.24) is 4.98 Å². The number of aromatic hydroxyl groups is 1. The lowest BCUT2D eigenvalue weighted by atomic mass is 10.2. The topological polar surface area (TPSA) is 56.9 Å². The molecule has 0 bridgehead atoms. The van der Waals surface area contributed by atoms with Gasteiger partial charge >= 0.3 is 0 Å². The number of nitriles is 1. The fourth-order valence-corrected chi connectivity index (χ4v) is 1.06. The summed E-state index contributed by atoms with van der Waals surface area (Å²) in [4.78, 5) is 3.58. The molecule has 0 fully saturated rings. The first kappa shape index (κ1) is 10.7. The molecule has 0 amide bonds. The van der Waals surface area contributed by atoms with Crippen LogP contribution in [0.1, 0.15) is 23.4 Å². The summed E-state index contributed by atoms with van der Waals surface area (Å²) in [5, 5.41) is 17.7. The van der Waals surface area contributed by atoms with E-state index in [-0.39, 0.29) is 11.6 Å². The zero-order valence-corrected chi connectivity index (χ0v) is 7.59. The smallest absolute Gasteiger partial charge is 0.267 e. The summed E-state index contributed by atoms with van der Waals surface area (Å²) in [6.07, 6.45) is -2.85. The first-order chi connectivity index (χ1) is 6.60. The zero-order chi connectivity index (χ0) is 10.7. The predicted octanol–water partition coefficient (Wildman–Crippen LogP) is 2.34. The van der Waals surface area contributed by atoms with Gasteiger partial charge in [-0.3, -0.25) is 0 Å². The van der Waals surface area contributed by atoms with Gasteiger partial charge < -0.3 is 5.11 Å². The maximum atomic E-state index is 12.3. The molecule has 1 N–H and O–H groups in total. The van der Waals surface area contributed by atoms with Gasteiger partial charge in [-0.05, 0) is 6.07 Å². The summed E-state index contributed by atoms with van der Waals surface area (Å²) in [6, 6.07) is 2.49. The van der Waals surface area contributed by atoms with Gasteiger partial charge in [-0.15, -0.1) is 11.6 Å². The normalized spacial score (nSPS) is 10.2. The zero-order valence-electron chi connectivity index (χ0n) is 6.84. The van der Waals surface area contributed by atoms with Crippen LogP contribution in [0.2, 0.25) is 0 Å². The molecule has 0 radical (unpaired) electrons. The highest BCUT2D eigenvalue weighted by molar-refractivity contribution is 6.16. The summed E-state index contributed by atoms with van der Waals surface area (Å²) < 4.78 is 24.6. The molecule has 1 rings (SSSR count). The van der Waals surface area contributed by atoms with Gasteiger partial charge in [0.05, 0.1) is 17.1 Å². The molecule has 0 saturated heterocycles. The quantitative estimate of drug-likeness (QED) is 0.775. The fourth-order valence-electron chi connectivity index (χ4n) is 0.926. The summed E-state index contributed by atoms with van der Waals surface area (Å²) in [7, 11) is 0. The Morgan fingerprint density at radius 3 is 2.71 bits per heavy atom. The molecule has 0 saturated carbocycles. The molecule has 0 aliphatic rings. The summed E-state index contributed by atoms with van der Waals surface area (Å²) >= 11 is 5.39. The first-order valence-corrected chi connectivity index (χ1v) is 4.10. The van der Waals surface area contributed by atoms with E-state index < -0.39 is 23.4 Å². The lowest BCUT2D eigenvalue weighted by Crippen LogP contribution is -1.96. The summed E-state index contributed by atoms with van der Waals surface area (Å²) in [5.41, 5.74) is -0.915. The predicted molar refractivity (Wildman–Crippen MR) is 45.1 cm³/mol. The van der Waals surface area contributed by atoms with Crippen LogP contribution >= 0.6 is 11.6 Å². The van der Waals surface area contributed by atoms with Gasteiger partial charge in [-0.25, -0.2) is 13.8 Å². The number of nitrogens with zero attached hydrogens (tertiary/aromatic N) is 2. The third-order valence-corrected chi connectivity index (χ3v) is 1.83. The van der Waals surface area contributed by atoms with Crippen LogP contribution in [0, 0.1) is 11.3 Å². The molecule has 14 heavy (non-hydrogen) atoms. The third kappa shape index (κ3) is 1.91. The highest BCUT2D eigenvalue weighted by Gasteiger charge is 2.18. The molecule has 0 spiro atoms. The van der Waals surface area contributed by atoms with Crippen molar-refractivity contribution in [2.24, 2.45) is 0 Å². The average molecular weight is 219 g/mol. The number of hydrogen-bond acceptors (Lipinski definition) is 3. The van der Waals surface area contributed by atoms with E-state index in [1.54, 1.807) is 0 Å². The van der Waals surface area contributed by atoms with Crippen LogP contribution in [0.5, 0.6) is 5.75 Å². The van der Waals surface area contributed by atoms with Crippen molar-refractivity contribution in [2.45, 2.75) is 12.3 Å². The van der Waals surface area contributed by atoms with Crippen LogP contribution in [0.15, 0.2) is 6.07 Å². The first-order valence-electron chi connectivity index (χ1n) is 3.57. The standard InChI is InChI=1S/C8H5ClF2N2O/c9-2-4-1-5(8(10)11)7(14)6(3-12)13-4/h1,8,14H,2H2. The molecule has 3 nitrogen and oxygen atoms in total. The second-order valence-electron chi connectivity index (χ2n) is 2.45. The number of halogens is 3. The van der Waals surface area contributed by atoms with E-state index in [0.717, 1.165) is 6.07 Å². The van der Waals surface area contributed by atoms with Gasteiger partial charge in [0.1, 0.15) is 6.07 Å². The minimum absolute atomic E-state index is 0.0886. The SMILES string of the molecule is N#Cc1nc(CCl)cc(C(F)F)c1O. The number of aromatic nitrogens is 1. The van der Waals surface area contributed by atoms with Crippen LogP contribution in [0.4, 0.5) is 8.78 Å². The second-order valence-corrected chi connectivity index (χ2v) is 2.71. The largest absolute Gasteiger partial charge is 0.505 e. The van der Waals surface area contributed by atoms with Crippen molar-refractivity contribution in [3.63, 3.8) is 0 Å². The Morgan fingerprint density at radius 1 is 1.64 bits per heavy atom. The van der Waals surface area contributed by atoms with Gasteiger partial charge in [0.2, 0.25) is 0 Å². The van der Waals surface area contributed by atoms with Gasteiger partial charge in [0.15, 0.2) is 11.4 Å². The third-order valence-electron chi connectivity index (χ3n) is 1.55. The molecule has 0 aliphatic carbocycles. The Bertz CT molecular complexity index is 390.